The zero-order valence-corrected chi connectivity index (χ0v) is 20.1. The molecule has 0 atom stereocenters. The van der Waals surface area contributed by atoms with E-state index in [0.29, 0.717) is 11.6 Å². The molecule has 4 aromatic rings. The molecule has 35 heavy (non-hydrogen) atoms. The van der Waals surface area contributed by atoms with Gasteiger partial charge in [0.1, 0.15) is 0 Å². The first-order chi connectivity index (χ1) is 16.8. The molecule has 7 nitrogen and oxygen atoms in total. The van der Waals surface area contributed by atoms with Crippen molar-refractivity contribution >= 4 is 5.91 Å². The molecule has 0 aliphatic heterocycles. The second-order valence-electron chi connectivity index (χ2n) is 8.78. The largest absolute Gasteiger partial charge is 0.352 e. The maximum atomic E-state index is 13.4. The maximum absolute atomic E-state index is 13.4. The van der Waals surface area contributed by atoms with Crippen molar-refractivity contribution in [2.45, 2.75) is 39.8 Å². The second kappa shape index (κ2) is 10.3. The monoisotopic (exact) mass is 468 g/mol. The summed E-state index contributed by atoms with van der Waals surface area (Å²) in [6.45, 7) is 6.35. The number of nitrogens with one attached hydrogen (secondary N) is 1. The molecule has 0 radical (unpaired) electrons. The SMILES string of the molecule is Cc1ccccc1Cn1c(=O)c(C(=O)NCc2ccccc2)nn(-c2ccc(C(C)C)cc2)c1=O. The van der Waals surface area contributed by atoms with E-state index >= 15 is 0 Å². The molecule has 1 N–H and O–H groups in total. The van der Waals surface area contributed by atoms with Gasteiger partial charge in [-0.25, -0.2) is 4.79 Å². The topological polar surface area (TPSA) is 86.0 Å². The third-order valence-electron chi connectivity index (χ3n) is 5.96. The minimum absolute atomic E-state index is 0.0376. The average molecular weight is 469 g/mol. The van der Waals surface area contributed by atoms with Gasteiger partial charge in [-0.3, -0.25) is 14.2 Å². The number of aromatic nitrogens is 3. The van der Waals surface area contributed by atoms with Gasteiger partial charge in [0.05, 0.1) is 12.2 Å². The summed E-state index contributed by atoms with van der Waals surface area (Å²) in [6.07, 6.45) is 0. The number of benzene rings is 3. The van der Waals surface area contributed by atoms with Gasteiger partial charge in [-0.1, -0.05) is 80.6 Å². The Kier molecular flexibility index (Phi) is 7.06. The van der Waals surface area contributed by atoms with Crippen LogP contribution >= 0.6 is 0 Å². The molecule has 0 aliphatic carbocycles. The van der Waals surface area contributed by atoms with Crippen LogP contribution in [-0.2, 0) is 13.1 Å². The molecule has 0 spiro atoms. The Morgan fingerprint density at radius 1 is 0.914 bits per heavy atom. The van der Waals surface area contributed by atoms with Crippen molar-refractivity contribution in [1.29, 1.82) is 0 Å². The van der Waals surface area contributed by atoms with Gasteiger partial charge < -0.3 is 5.32 Å². The summed E-state index contributed by atoms with van der Waals surface area (Å²) >= 11 is 0. The van der Waals surface area contributed by atoms with Crippen LogP contribution in [0.3, 0.4) is 0 Å². The Hall–Kier alpha value is -4.26. The number of aryl methyl sites for hydroxylation is 1. The van der Waals surface area contributed by atoms with Crippen molar-refractivity contribution in [1.82, 2.24) is 19.7 Å². The number of hydrogen-bond donors (Lipinski definition) is 1. The first-order valence-electron chi connectivity index (χ1n) is 11.6. The first-order valence-corrected chi connectivity index (χ1v) is 11.6. The molecular formula is C28H28N4O3. The molecule has 3 aromatic carbocycles. The molecule has 4 rings (SSSR count). The van der Waals surface area contributed by atoms with Gasteiger partial charge in [0.2, 0.25) is 5.69 Å². The van der Waals surface area contributed by atoms with Gasteiger partial charge in [0.25, 0.3) is 11.5 Å². The minimum atomic E-state index is -0.723. The summed E-state index contributed by atoms with van der Waals surface area (Å²) < 4.78 is 2.20. The van der Waals surface area contributed by atoms with E-state index in [4.69, 9.17) is 0 Å². The number of carbonyl (C=O) groups excluding carboxylic acids is 1. The summed E-state index contributed by atoms with van der Waals surface area (Å²) in [6, 6.07) is 24.3. The quantitative estimate of drug-likeness (QED) is 0.447. The highest BCUT2D eigenvalue weighted by molar-refractivity contribution is 5.91. The van der Waals surface area contributed by atoms with Crippen LogP contribution in [0.2, 0.25) is 0 Å². The Balaban J connectivity index is 1.79. The van der Waals surface area contributed by atoms with Crippen molar-refractivity contribution in [2.24, 2.45) is 0 Å². The van der Waals surface area contributed by atoms with Crippen molar-refractivity contribution in [3.63, 3.8) is 0 Å². The molecule has 7 heteroatoms. The van der Waals surface area contributed by atoms with Crippen LogP contribution in [-0.4, -0.2) is 20.3 Å². The second-order valence-corrected chi connectivity index (χ2v) is 8.78. The molecule has 1 heterocycles. The molecule has 1 amide bonds. The lowest BCUT2D eigenvalue weighted by molar-refractivity contribution is 0.0941. The fourth-order valence-corrected chi connectivity index (χ4v) is 3.78. The number of rotatable bonds is 7. The number of carbonyl (C=O) groups is 1. The molecule has 0 fully saturated rings. The molecule has 0 saturated carbocycles. The number of amides is 1. The van der Waals surface area contributed by atoms with Crippen LogP contribution in [0.25, 0.3) is 5.69 Å². The molecule has 1 aromatic heterocycles. The minimum Gasteiger partial charge on any atom is -0.346 e. The number of hydrogen-bond acceptors (Lipinski definition) is 4. The highest BCUT2D eigenvalue weighted by Crippen LogP contribution is 2.16. The van der Waals surface area contributed by atoms with Crippen LogP contribution in [0.4, 0.5) is 0 Å². The molecule has 0 saturated heterocycles. The molecule has 0 bridgehead atoms. The molecule has 0 unspecified atom stereocenters. The Bertz CT molecular complexity index is 1450. The van der Waals surface area contributed by atoms with E-state index in [1.54, 1.807) is 12.1 Å². The zero-order chi connectivity index (χ0) is 24.9. The Labute approximate surface area is 203 Å². The third-order valence-corrected chi connectivity index (χ3v) is 5.96. The van der Waals surface area contributed by atoms with E-state index in [9.17, 15) is 14.4 Å². The lowest BCUT2D eigenvalue weighted by atomic mass is 10.0. The standard InChI is InChI=1S/C28H28N4O3/c1-19(2)22-13-15-24(16-14-22)32-28(35)31(18-23-12-8-7-9-20(23)3)27(34)25(30-32)26(33)29-17-21-10-5-4-6-11-21/h4-16,19H,17-18H2,1-3H3,(H,29,33). The van der Waals surface area contributed by atoms with Crippen LogP contribution in [0.15, 0.2) is 88.5 Å². The van der Waals surface area contributed by atoms with Crippen molar-refractivity contribution in [2.75, 3.05) is 0 Å². The van der Waals surface area contributed by atoms with Crippen LogP contribution in [0, 0.1) is 6.92 Å². The average Bonchev–Trinajstić information content (AvgIpc) is 2.87. The fraction of sp³-hybridized carbons (Fsp3) is 0.214. The van der Waals surface area contributed by atoms with E-state index < -0.39 is 17.2 Å². The lowest BCUT2D eigenvalue weighted by Crippen LogP contribution is -2.46. The maximum Gasteiger partial charge on any atom is 0.352 e. The predicted molar refractivity (Wildman–Crippen MR) is 136 cm³/mol. The van der Waals surface area contributed by atoms with E-state index in [0.717, 1.165) is 31.5 Å². The summed E-state index contributed by atoms with van der Waals surface area (Å²) in [5.74, 6) is -0.312. The molecular weight excluding hydrogens is 440 g/mol. The van der Waals surface area contributed by atoms with Crippen LogP contribution in [0.1, 0.15) is 52.5 Å². The van der Waals surface area contributed by atoms with Crippen molar-refractivity contribution in [3.8, 4) is 5.69 Å². The van der Waals surface area contributed by atoms with Gasteiger partial charge in [0.15, 0.2) is 0 Å². The fourth-order valence-electron chi connectivity index (χ4n) is 3.78. The Morgan fingerprint density at radius 2 is 1.57 bits per heavy atom. The van der Waals surface area contributed by atoms with Crippen molar-refractivity contribution in [3.05, 3.63) is 128 Å². The van der Waals surface area contributed by atoms with Gasteiger partial charge in [-0.15, -0.1) is 0 Å². The summed E-state index contributed by atoms with van der Waals surface area (Å²) in [7, 11) is 0. The van der Waals surface area contributed by atoms with Gasteiger partial charge >= 0.3 is 5.69 Å². The normalized spacial score (nSPS) is 11.0. The third kappa shape index (κ3) is 5.30. The summed E-state index contributed by atoms with van der Waals surface area (Å²) in [5, 5.41) is 6.96. The molecule has 178 valence electrons. The van der Waals surface area contributed by atoms with Crippen LogP contribution in [0.5, 0.6) is 0 Å². The van der Waals surface area contributed by atoms with Gasteiger partial charge in [-0.05, 0) is 47.2 Å². The van der Waals surface area contributed by atoms with Crippen LogP contribution < -0.4 is 16.6 Å². The Morgan fingerprint density at radius 3 is 2.23 bits per heavy atom. The highest BCUT2D eigenvalue weighted by Gasteiger charge is 2.21. The molecule has 0 aliphatic rings. The van der Waals surface area contributed by atoms with E-state index in [2.05, 4.69) is 24.3 Å². The zero-order valence-electron chi connectivity index (χ0n) is 20.1. The van der Waals surface area contributed by atoms with Gasteiger partial charge in [0, 0.05) is 6.54 Å². The van der Waals surface area contributed by atoms with Gasteiger partial charge in [-0.2, -0.15) is 9.78 Å². The van der Waals surface area contributed by atoms with E-state index in [1.165, 1.54) is 0 Å². The summed E-state index contributed by atoms with van der Waals surface area (Å²) in [5.41, 5.74) is 2.58. The lowest BCUT2D eigenvalue weighted by Gasteiger charge is -2.14. The predicted octanol–water partition coefficient (Wildman–Crippen LogP) is 3.80. The smallest absolute Gasteiger partial charge is 0.346 e. The van der Waals surface area contributed by atoms with Crippen molar-refractivity contribution < 1.29 is 4.79 Å². The summed E-state index contributed by atoms with van der Waals surface area (Å²) in [4.78, 5) is 39.8. The first kappa shape index (κ1) is 23.9. The highest BCUT2D eigenvalue weighted by atomic mass is 16.2. The number of nitrogens with zero attached hydrogens (tertiary/aromatic N) is 3. The van der Waals surface area contributed by atoms with E-state index in [1.807, 2.05) is 73.7 Å². The van der Waals surface area contributed by atoms with E-state index in [-0.39, 0.29) is 18.8 Å².